The maximum Gasteiger partial charge on any atom is 0.271 e. The van der Waals surface area contributed by atoms with E-state index in [0.29, 0.717) is 11.6 Å². The van der Waals surface area contributed by atoms with Crippen LogP contribution in [0.25, 0.3) is 0 Å². The van der Waals surface area contributed by atoms with Crippen molar-refractivity contribution in [3.63, 3.8) is 0 Å². The number of amides is 1. The quantitative estimate of drug-likeness (QED) is 0.634. The average molecular weight is 252 g/mol. The second-order valence-corrected chi connectivity index (χ2v) is 5.29. The summed E-state index contributed by atoms with van der Waals surface area (Å²) in [6, 6.07) is 0. The molecular weight excluding hydrogens is 232 g/mol. The van der Waals surface area contributed by atoms with Gasteiger partial charge in [-0.1, -0.05) is 6.92 Å². The zero-order chi connectivity index (χ0) is 13.2. The highest BCUT2D eigenvalue weighted by Gasteiger charge is 2.32. The van der Waals surface area contributed by atoms with Crippen LogP contribution in [-0.4, -0.2) is 33.4 Å². The van der Waals surface area contributed by atoms with Crippen LogP contribution in [0.2, 0.25) is 0 Å². The lowest BCUT2D eigenvalue weighted by Gasteiger charge is -2.34. The van der Waals surface area contributed by atoms with E-state index in [4.69, 9.17) is 5.73 Å². The highest BCUT2D eigenvalue weighted by Crippen LogP contribution is 2.31. The van der Waals surface area contributed by atoms with E-state index < -0.39 is 5.60 Å². The lowest BCUT2D eigenvalue weighted by molar-refractivity contribution is -0.00543. The van der Waals surface area contributed by atoms with Crippen LogP contribution in [0.1, 0.15) is 43.1 Å². The first-order chi connectivity index (χ1) is 8.50. The van der Waals surface area contributed by atoms with Crippen LogP contribution in [0.4, 0.5) is 5.69 Å². The molecule has 18 heavy (non-hydrogen) atoms. The zero-order valence-corrected chi connectivity index (χ0v) is 10.6. The topological polar surface area (TPSA) is 104 Å². The summed E-state index contributed by atoms with van der Waals surface area (Å²) in [5.74, 6) is 0.335. The molecule has 1 saturated carbocycles. The fraction of sp³-hybridized carbons (Fsp3) is 0.667. The number of aromatic amines is 1. The molecule has 6 nitrogen and oxygen atoms in total. The molecule has 6 heteroatoms. The van der Waals surface area contributed by atoms with Gasteiger partial charge in [0.2, 0.25) is 0 Å². The monoisotopic (exact) mass is 252 g/mol. The number of hydrogen-bond acceptors (Lipinski definition) is 4. The van der Waals surface area contributed by atoms with Crippen molar-refractivity contribution in [1.29, 1.82) is 0 Å². The molecule has 1 heterocycles. The van der Waals surface area contributed by atoms with E-state index in [-0.39, 0.29) is 18.1 Å². The minimum Gasteiger partial charge on any atom is -0.396 e. The lowest BCUT2D eigenvalue weighted by Crippen LogP contribution is -2.45. The number of carbonyl (C=O) groups is 1. The molecule has 1 aromatic heterocycles. The predicted molar refractivity (Wildman–Crippen MR) is 67.9 cm³/mol. The van der Waals surface area contributed by atoms with Gasteiger partial charge in [-0.25, -0.2) is 0 Å². The number of nitrogens with one attached hydrogen (secondary N) is 2. The number of carbonyl (C=O) groups excluding carboxylic acids is 1. The summed E-state index contributed by atoms with van der Waals surface area (Å²) >= 11 is 0. The van der Waals surface area contributed by atoms with Crippen molar-refractivity contribution in [3.05, 3.63) is 11.9 Å². The van der Waals surface area contributed by atoms with Crippen molar-refractivity contribution in [2.45, 2.75) is 38.2 Å². The third-order valence-electron chi connectivity index (χ3n) is 3.68. The molecule has 0 unspecified atom stereocenters. The maximum absolute atomic E-state index is 11.8. The molecule has 100 valence electrons. The molecule has 1 amide bonds. The van der Waals surface area contributed by atoms with Crippen molar-refractivity contribution in [2.75, 3.05) is 12.3 Å². The second kappa shape index (κ2) is 4.97. The van der Waals surface area contributed by atoms with Gasteiger partial charge in [-0.2, -0.15) is 5.10 Å². The number of nitrogen functional groups attached to an aromatic ring is 1. The number of hydrogen-bond donors (Lipinski definition) is 4. The van der Waals surface area contributed by atoms with Crippen molar-refractivity contribution < 1.29 is 9.90 Å². The van der Waals surface area contributed by atoms with Crippen molar-refractivity contribution >= 4 is 11.6 Å². The van der Waals surface area contributed by atoms with Crippen LogP contribution >= 0.6 is 0 Å². The van der Waals surface area contributed by atoms with Gasteiger partial charge in [-0.3, -0.25) is 9.89 Å². The number of nitrogens with zero attached hydrogens (tertiary/aromatic N) is 1. The van der Waals surface area contributed by atoms with E-state index in [1.54, 1.807) is 0 Å². The molecule has 0 spiro atoms. The Bertz CT molecular complexity index is 421. The smallest absolute Gasteiger partial charge is 0.271 e. The molecule has 5 N–H and O–H groups in total. The van der Waals surface area contributed by atoms with E-state index in [9.17, 15) is 9.90 Å². The first-order valence-electron chi connectivity index (χ1n) is 6.29. The normalized spacial score (nSPS) is 28.0. The highest BCUT2D eigenvalue weighted by molar-refractivity contribution is 5.96. The zero-order valence-electron chi connectivity index (χ0n) is 10.6. The fourth-order valence-corrected chi connectivity index (χ4v) is 2.29. The van der Waals surface area contributed by atoms with Gasteiger partial charge in [0, 0.05) is 6.54 Å². The number of anilines is 1. The van der Waals surface area contributed by atoms with Crippen LogP contribution in [0, 0.1) is 5.92 Å². The summed E-state index contributed by atoms with van der Waals surface area (Å²) < 4.78 is 0. The summed E-state index contributed by atoms with van der Waals surface area (Å²) in [5, 5.41) is 19.3. The molecule has 1 aliphatic carbocycles. The molecule has 0 aromatic carbocycles. The highest BCUT2D eigenvalue weighted by atomic mass is 16.3. The van der Waals surface area contributed by atoms with Gasteiger partial charge >= 0.3 is 0 Å². The number of aliphatic hydroxyl groups is 1. The first-order valence-corrected chi connectivity index (χ1v) is 6.29. The molecule has 0 saturated heterocycles. The number of nitrogens with two attached hydrogens (primary N) is 1. The van der Waals surface area contributed by atoms with E-state index in [1.165, 1.54) is 6.20 Å². The standard InChI is InChI=1S/C12H20N4O2/c1-8-2-4-12(18,5-3-8)7-14-11(17)10-9(13)6-15-16-10/h6,8,18H,2-5,7,13H2,1H3,(H,14,17)(H,15,16). The van der Waals surface area contributed by atoms with E-state index in [1.807, 2.05) is 0 Å². The van der Waals surface area contributed by atoms with Crippen LogP contribution < -0.4 is 11.1 Å². The SMILES string of the molecule is CC1CCC(O)(CNC(=O)c2[nH]ncc2N)CC1. The van der Waals surface area contributed by atoms with Crippen LogP contribution in [0.15, 0.2) is 6.20 Å². The molecule has 0 radical (unpaired) electrons. The van der Waals surface area contributed by atoms with Gasteiger partial charge in [0.1, 0.15) is 5.69 Å². The Hall–Kier alpha value is -1.56. The Morgan fingerprint density at radius 1 is 1.67 bits per heavy atom. The molecule has 2 rings (SSSR count). The minimum absolute atomic E-state index is 0.253. The number of rotatable bonds is 3. The first kappa shape index (κ1) is 12.9. The third kappa shape index (κ3) is 2.81. The Kier molecular flexibility index (Phi) is 3.56. The summed E-state index contributed by atoms with van der Waals surface area (Å²) in [5.41, 5.74) is 5.37. The Labute approximate surface area is 106 Å². The van der Waals surface area contributed by atoms with Crippen LogP contribution in [-0.2, 0) is 0 Å². The largest absolute Gasteiger partial charge is 0.396 e. The van der Waals surface area contributed by atoms with Gasteiger partial charge in [0.05, 0.1) is 17.5 Å². The number of aromatic nitrogens is 2. The predicted octanol–water partition coefficient (Wildman–Crippen LogP) is 0.663. The van der Waals surface area contributed by atoms with Crippen molar-refractivity contribution in [3.8, 4) is 0 Å². The van der Waals surface area contributed by atoms with Gasteiger partial charge in [-0.15, -0.1) is 0 Å². The molecule has 0 bridgehead atoms. The lowest BCUT2D eigenvalue weighted by atomic mass is 9.79. The molecule has 1 aromatic rings. The molecule has 0 aliphatic heterocycles. The van der Waals surface area contributed by atoms with Gasteiger partial charge in [0.25, 0.3) is 5.91 Å². The van der Waals surface area contributed by atoms with E-state index in [2.05, 4.69) is 22.4 Å². The van der Waals surface area contributed by atoms with Crippen LogP contribution in [0.5, 0.6) is 0 Å². The van der Waals surface area contributed by atoms with Gasteiger partial charge in [0.15, 0.2) is 0 Å². The Morgan fingerprint density at radius 2 is 2.33 bits per heavy atom. The third-order valence-corrected chi connectivity index (χ3v) is 3.68. The number of H-pyrrole nitrogens is 1. The van der Waals surface area contributed by atoms with E-state index in [0.717, 1.165) is 25.7 Å². The fourth-order valence-electron chi connectivity index (χ4n) is 2.29. The summed E-state index contributed by atoms with van der Waals surface area (Å²) in [4.78, 5) is 11.8. The molecule has 0 atom stereocenters. The van der Waals surface area contributed by atoms with Crippen LogP contribution in [0.3, 0.4) is 0 Å². The van der Waals surface area contributed by atoms with Crippen molar-refractivity contribution in [2.24, 2.45) is 5.92 Å². The van der Waals surface area contributed by atoms with E-state index >= 15 is 0 Å². The maximum atomic E-state index is 11.8. The summed E-state index contributed by atoms with van der Waals surface area (Å²) in [6.45, 7) is 2.44. The molecule has 1 fully saturated rings. The Morgan fingerprint density at radius 3 is 2.89 bits per heavy atom. The average Bonchev–Trinajstić information content (AvgIpc) is 2.77. The van der Waals surface area contributed by atoms with Crippen molar-refractivity contribution in [1.82, 2.24) is 15.5 Å². The molecular formula is C12H20N4O2. The summed E-state index contributed by atoms with van der Waals surface area (Å²) in [7, 11) is 0. The van der Waals surface area contributed by atoms with Gasteiger partial charge in [-0.05, 0) is 31.6 Å². The van der Waals surface area contributed by atoms with Gasteiger partial charge < -0.3 is 16.2 Å². The minimum atomic E-state index is -0.781. The Balaban J connectivity index is 1.88. The summed E-state index contributed by atoms with van der Waals surface area (Å²) in [6.07, 6.45) is 4.85. The second-order valence-electron chi connectivity index (χ2n) is 5.29. The molecule has 1 aliphatic rings.